The topological polar surface area (TPSA) is 23.6 Å². The molecular formula is C13H18BrClN2O. The molecule has 0 aliphatic heterocycles. The summed E-state index contributed by atoms with van der Waals surface area (Å²) < 4.78 is 0.736. The number of amides is 1. The van der Waals surface area contributed by atoms with Crippen molar-refractivity contribution in [1.82, 2.24) is 9.80 Å². The van der Waals surface area contributed by atoms with Crippen LogP contribution in [0.15, 0.2) is 22.7 Å². The summed E-state index contributed by atoms with van der Waals surface area (Å²) in [6, 6.07) is 5.22. The van der Waals surface area contributed by atoms with Gasteiger partial charge in [0.25, 0.3) is 5.91 Å². The highest BCUT2D eigenvalue weighted by Crippen LogP contribution is 2.22. The van der Waals surface area contributed by atoms with Crippen molar-refractivity contribution < 1.29 is 4.79 Å². The Kier molecular flexibility index (Phi) is 6.12. The smallest absolute Gasteiger partial charge is 0.254 e. The highest BCUT2D eigenvalue weighted by molar-refractivity contribution is 9.10. The molecule has 0 atom stereocenters. The molecule has 0 N–H and O–H groups in total. The van der Waals surface area contributed by atoms with E-state index < -0.39 is 0 Å². The van der Waals surface area contributed by atoms with Crippen LogP contribution in [0.3, 0.4) is 0 Å². The second-order valence-corrected chi connectivity index (χ2v) is 5.80. The number of hydrogen-bond donors (Lipinski definition) is 0. The van der Waals surface area contributed by atoms with Gasteiger partial charge in [-0.15, -0.1) is 0 Å². The Morgan fingerprint density at radius 1 is 1.28 bits per heavy atom. The van der Waals surface area contributed by atoms with Gasteiger partial charge in [-0.25, -0.2) is 0 Å². The number of nitrogens with zero attached hydrogens (tertiary/aromatic N) is 2. The predicted molar refractivity (Wildman–Crippen MR) is 79.3 cm³/mol. The lowest BCUT2D eigenvalue weighted by Gasteiger charge is -2.19. The Hall–Kier alpha value is -0.580. The molecule has 0 aromatic heterocycles. The molecule has 0 radical (unpaired) electrons. The van der Waals surface area contributed by atoms with Crippen LogP contribution in [-0.2, 0) is 0 Å². The first-order valence-corrected chi connectivity index (χ1v) is 6.94. The van der Waals surface area contributed by atoms with Gasteiger partial charge >= 0.3 is 0 Å². The lowest BCUT2D eigenvalue weighted by atomic mass is 10.2. The van der Waals surface area contributed by atoms with E-state index in [1.807, 2.05) is 21.1 Å². The first-order chi connectivity index (χ1) is 8.41. The highest BCUT2D eigenvalue weighted by atomic mass is 79.9. The van der Waals surface area contributed by atoms with Crippen molar-refractivity contribution in [3.8, 4) is 0 Å². The molecule has 0 spiro atoms. The summed E-state index contributed by atoms with van der Waals surface area (Å²) in [7, 11) is 5.87. The third kappa shape index (κ3) is 4.59. The number of hydrogen-bond acceptors (Lipinski definition) is 2. The van der Waals surface area contributed by atoms with Crippen molar-refractivity contribution in [3.05, 3.63) is 33.3 Å². The third-order valence-electron chi connectivity index (χ3n) is 2.61. The summed E-state index contributed by atoms with van der Waals surface area (Å²) in [5.74, 6) is 0.0114. The standard InChI is InChI=1S/C13H18BrClN2O/c1-16(2)7-4-8-17(3)13(18)11-6-5-10(15)9-12(11)14/h5-6,9H,4,7-8H2,1-3H3. The van der Waals surface area contributed by atoms with Crippen LogP contribution in [-0.4, -0.2) is 49.9 Å². The van der Waals surface area contributed by atoms with Crippen LogP contribution < -0.4 is 0 Å². The zero-order valence-corrected chi connectivity index (χ0v) is 13.3. The van der Waals surface area contributed by atoms with Gasteiger partial charge in [0.2, 0.25) is 0 Å². The number of carbonyl (C=O) groups excluding carboxylic acids is 1. The van der Waals surface area contributed by atoms with E-state index in [1.54, 1.807) is 23.1 Å². The molecule has 100 valence electrons. The Balaban J connectivity index is 2.63. The van der Waals surface area contributed by atoms with Gasteiger partial charge in [-0.2, -0.15) is 0 Å². The van der Waals surface area contributed by atoms with Crippen LogP contribution in [0.1, 0.15) is 16.8 Å². The normalized spacial score (nSPS) is 10.8. The van der Waals surface area contributed by atoms with Crippen molar-refractivity contribution in [2.45, 2.75) is 6.42 Å². The van der Waals surface area contributed by atoms with E-state index in [0.29, 0.717) is 10.6 Å². The molecule has 0 unspecified atom stereocenters. The summed E-state index contributed by atoms with van der Waals surface area (Å²) >= 11 is 9.23. The van der Waals surface area contributed by atoms with Gasteiger partial charge in [-0.05, 0) is 61.2 Å². The van der Waals surface area contributed by atoms with Crippen LogP contribution in [0.25, 0.3) is 0 Å². The van der Waals surface area contributed by atoms with E-state index in [9.17, 15) is 4.79 Å². The molecule has 0 saturated carbocycles. The van der Waals surface area contributed by atoms with E-state index in [4.69, 9.17) is 11.6 Å². The Morgan fingerprint density at radius 2 is 1.94 bits per heavy atom. The van der Waals surface area contributed by atoms with Crippen LogP contribution >= 0.6 is 27.5 Å². The molecule has 0 fully saturated rings. The Labute approximate surface area is 122 Å². The zero-order chi connectivity index (χ0) is 13.7. The fraction of sp³-hybridized carbons (Fsp3) is 0.462. The maximum atomic E-state index is 12.2. The average Bonchev–Trinajstić information content (AvgIpc) is 2.27. The van der Waals surface area contributed by atoms with Crippen molar-refractivity contribution in [2.24, 2.45) is 0 Å². The average molecular weight is 334 g/mol. The van der Waals surface area contributed by atoms with Crippen molar-refractivity contribution in [3.63, 3.8) is 0 Å². The van der Waals surface area contributed by atoms with E-state index in [-0.39, 0.29) is 5.91 Å². The molecule has 0 heterocycles. The van der Waals surface area contributed by atoms with Crippen molar-refractivity contribution in [1.29, 1.82) is 0 Å². The predicted octanol–water partition coefficient (Wildman–Crippen LogP) is 3.13. The lowest BCUT2D eigenvalue weighted by Crippen LogP contribution is -2.30. The monoisotopic (exact) mass is 332 g/mol. The molecule has 1 rings (SSSR count). The molecule has 0 aliphatic carbocycles. The first kappa shape index (κ1) is 15.5. The van der Waals surface area contributed by atoms with Crippen LogP contribution in [0, 0.1) is 0 Å². The lowest BCUT2D eigenvalue weighted by molar-refractivity contribution is 0.0790. The minimum atomic E-state index is 0.0114. The van der Waals surface area contributed by atoms with Crippen LogP contribution in [0.5, 0.6) is 0 Å². The molecule has 0 saturated heterocycles. The number of halogens is 2. The van der Waals surface area contributed by atoms with Crippen LogP contribution in [0.2, 0.25) is 5.02 Å². The zero-order valence-electron chi connectivity index (χ0n) is 10.9. The molecule has 0 aliphatic rings. The largest absolute Gasteiger partial charge is 0.342 e. The molecular weight excluding hydrogens is 316 g/mol. The summed E-state index contributed by atoms with van der Waals surface area (Å²) in [5.41, 5.74) is 0.645. The maximum absolute atomic E-state index is 12.2. The summed E-state index contributed by atoms with van der Waals surface area (Å²) in [6.07, 6.45) is 0.959. The fourth-order valence-electron chi connectivity index (χ4n) is 1.59. The first-order valence-electron chi connectivity index (χ1n) is 5.77. The summed E-state index contributed by atoms with van der Waals surface area (Å²) in [6.45, 7) is 1.71. The van der Waals surface area contributed by atoms with E-state index >= 15 is 0 Å². The van der Waals surface area contributed by atoms with Gasteiger partial charge in [0.1, 0.15) is 0 Å². The van der Waals surface area contributed by atoms with Gasteiger partial charge in [-0.1, -0.05) is 11.6 Å². The van der Waals surface area contributed by atoms with Gasteiger partial charge in [0.15, 0.2) is 0 Å². The number of benzene rings is 1. The maximum Gasteiger partial charge on any atom is 0.254 e. The van der Waals surface area contributed by atoms with Gasteiger partial charge in [0, 0.05) is 23.1 Å². The van der Waals surface area contributed by atoms with Crippen LogP contribution in [0.4, 0.5) is 0 Å². The van der Waals surface area contributed by atoms with E-state index in [0.717, 1.165) is 24.0 Å². The number of rotatable bonds is 5. The highest BCUT2D eigenvalue weighted by Gasteiger charge is 2.14. The molecule has 18 heavy (non-hydrogen) atoms. The summed E-state index contributed by atoms with van der Waals surface area (Å²) in [4.78, 5) is 16.0. The molecule has 0 bridgehead atoms. The molecule has 1 aromatic rings. The Bertz CT molecular complexity index is 423. The molecule has 3 nitrogen and oxygen atoms in total. The second-order valence-electron chi connectivity index (χ2n) is 4.51. The van der Waals surface area contributed by atoms with E-state index in [2.05, 4.69) is 20.8 Å². The third-order valence-corrected chi connectivity index (χ3v) is 3.50. The number of carbonyl (C=O) groups is 1. The van der Waals surface area contributed by atoms with Gasteiger partial charge in [-0.3, -0.25) is 4.79 Å². The van der Waals surface area contributed by atoms with Crippen molar-refractivity contribution >= 4 is 33.4 Å². The molecule has 5 heteroatoms. The quantitative estimate of drug-likeness (QED) is 0.826. The minimum absolute atomic E-state index is 0.0114. The van der Waals surface area contributed by atoms with Gasteiger partial charge < -0.3 is 9.80 Å². The SMILES string of the molecule is CN(C)CCCN(C)C(=O)c1ccc(Cl)cc1Br. The van der Waals surface area contributed by atoms with Crippen molar-refractivity contribution in [2.75, 3.05) is 34.2 Å². The fourth-order valence-corrected chi connectivity index (χ4v) is 2.45. The molecule has 1 aromatic carbocycles. The van der Waals surface area contributed by atoms with Gasteiger partial charge in [0.05, 0.1) is 5.56 Å². The van der Waals surface area contributed by atoms with E-state index in [1.165, 1.54) is 0 Å². The Morgan fingerprint density at radius 3 is 2.50 bits per heavy atom. The second kappa shape index (κ2) is 7.12. The minimum Gasteiger partial charge on any atom is -0.342 e. The molecule has 1 amide bonds. The summed E-state index contributed by atoms with van der Waals surface area (Å²) in [5, 5.41) is 0.619.